The van der Waals surface area contributed by atoms with E-state index in [1.807, 2.05) is 42.3 Å². The highest BCUT2D eigenvalue weighted by atomic mass is 16.5. The van der Waals surface area contributed by atoms with Gasteiger partial charge in [0.2, 0.25) is 5.91 Å². The number of anilines is 1. The highest BCUT2D eigenvalue weighted by Gasteiger charge is 2.47. The molecule has 1 N–H and O–H groups in total. The number of hydrogen-bond acceptors (Lipinski definition) is 5. The summed E-state index contributed by atoms with van der Waals surface area (Å²) in [5.41, 5.74) is 5.36. The zero-order valence-electron chi connectivity index (χ0n) is 19.0. The molecule has 0 radical (unpaired) electrons. The van der Waals surface area contributed by atoms with E-state index in [1.54, 1.807) is 19.5 Å². The van der Waals surface area contributed by atoms with Gasteiger partial charge in [-0.05, 0) is 65.1 Å². The number of nitrogens with zero attached hydrogens (tertiary/aromatic N) is 3. The van der Waals surface area contributed by atoms with Crippen molar-refractivity contribution in [1.29, 1.82) is 0 Å². The first-order chi connectivity index (χ1) is 16.1. The van der Waals surface area contributed by atoms with E-state index < -0.39 is 0 Å². The molecule has 6 nitrogen and oxygen atoms in total. The van der Waals surface area contributed by atoms with Gasteiger partial charge in [0, 0.05) is 37.6 Å². The maximum absolute atomic E-state index is 13.4. The third-order valence-corrected chi connectivity index (χ3v) is 7.18. The summed E-state index contributed by atoms with van der Waals surface area (Å²) in [6, 6.07) is 18.2. The van der Waals surface area contributed by atoms with E-state index in [-0.39, 0.29) is 30.5 Å². The molecular formula is C27H29N3O3. The van der Waals surface area contributed by atoms with Crippen LogP contribution in [0.1, 0.15) is 23.6 Å². The summed E-state index contributed by atoms with van der Waals surface area (Å²) >= 11 is 0. The molecular weight excluding hydrogens is 414 g/mol. The average molecular weight is 444 g/mol. The van der Waals surface area contributed by atoms with Gasteiger partial charge in [-0.3, -0.25) is 9.78 Å². The van der Waals surface area contributed by atoms with Crippen LogP contribution in [-0.4, -0.2) is 54.2 Å². The van der Waals surface area contributed by atoms with Crippen molar-refractivity contribution in [2.75, 3.05) is 32.2 Å². The monoisotopic (exact) mass is 443 g/mol. The molecule has 1 aromatic heterocycles. The number of hydrogen-bond donors (Lipinski definition) is 1. The predicted molar refractivity (Wildman–Crippen MR) is 128 cm³/mol. The number of aromatic nitrogens is 1. The van der Waals surface area contributed by atoms with E-state index in [1.165, 1.54) is 0 Å². The summed E-state index contributed by atoms with van der Waals surface area (Å²) < 4.78 is 5.42. The second-order valence-corrected chi connectivity index (χ2v) is 8.88. The number of ether oxygens (including phenoxy) is 1. The first kappa shape index (κ1) is 21.5. The minimum atomic E-state index is -0.0479. The smallest absolute Gasteiger partial charge is 0.227 e. The van der Waals surface area contributed by atoms with Gasteiger partial charge in [0.25, 0.3) is 0 Å². The van der Waals surface area contributed by atoms with Crippen molar-refractivity contribution in [2.45, 2.75) is 24.9 Å². The normalized spacial score (nSPS) is 21.5. The van der Waals surface area contributed by atoms with Gasteiger partial charge in [-0.2, -0.15) is 0 Å². The molecule has 0 saturated carbocycles. The molecule has 1 unspecified atom stereocenters. The fourth-order valence-electron chi connectivity index (χ4n) is 5.49. The van der Waals surface area contributed by atoms with Crippen LogP contribution in [0.15, 0.2) is 67.0 Å². The molecule has 1 amide bonds. The molecule has 0 bridgehead atoms. The Balaban J connectivity index is 1.54. The molecule has 6 heteroatoms. The zero-order valence-corrected chi connectivity index (χ0v) is 19.0. The average Bonchev–Trinajstić information content (AvgIpc) is 3.30. The third-order valence-electron chi connectivity index (χ3n) is 7.18. The second-order valence-electron chi connectivity index (χ2n) is 8.88. The number of aliphatic hydroxyl groups is 1. The van der Waals surface area contributed by atoms with E-state index in [4.69, 9.17) is 4.74 Å². The molecule has 170 valence electrons. The van der Waals surface area contributed by atoms with Crippen LogP contribution in [0.25, 0.3) is 11.1 Å². The number of rotatable bonds is 5. The highest BCUT2D eigenvalue weighted by molar-refractivity contribution is 5.81. The van der Waals surface area contributed by atoms with E-state index in [9.17, 15) is 9.90 Å². The van der Waals surface area contributed by atoms with Gasteiger partial charge in [-0.25, -0.2) is 0 Å². The quantitative estimate of drug-likeness (QED) is 0.651. The van der Waals surface area contributed by atoms with Gasteiger partial charge in [0.1, 0.15) is 5.75 Å². The van der Waals surface area contributed by atoms with Crippen molar-refractivity contribution in [3.63, 3.8) is 0 Å². The SMILES string of the molecule is COc1cccc(-c2ccc3c(c2)C2[C@H](CCN2C(=O)Cc2ccncc2)[C@H](CO)N3C)c1. The first-order valence-corrected chi connectivity index (χ1v) is 11.4. The van der Waals surface area contributed by atoms with E-state index in [0.29, 0.717) is 13.0 Å². The Bertz CT molecular complexity index is 1150. The fraction of sp³-hybridized carbons (Fsp3) is 0.333. The number of pyridine rings is 1. The van der Waals surface area contributed by atoms with Crippen LogP contribution in [0.5, 0.6) is 5.75 Å². The van der Waals surface area contributed by atoms with Gasteiger partial charge in [0.05, 0.1) is 32.2 Å². The van der Waals surface area contributed by atoms with Crippen molar-refractivity contribution in [3.8, 4) is 16.9 Å². The zero-order chi connectivity index (χ0) is 22.9. The summed E-state index contributed by atoms with van der Waals surface area (Å²) in [5, 5.41) is 10.2. The molecule has 3 heterocycles. The summed E-state index contributed by atoms with van der Waals surface area (Å²) in [7, 11) is 3.72. The van der Waals surface area contributed by atoms with Gasteiger partial charge in [0.15, 0.2) is 0 Å². The van der Waals surface area contributed by atoms with E-state index in [2.05, 4.69) is 34.1 Å². The maximum atomic E-state index is 13.4. The third kappa shape index (κ3) is 3.85. The van der Waals surface area contributed by atoms with Crippen LogP contribution in [0.3, 0.4) is 0 Å². The minimum absolute atomic E-state index is 0.0103. The molecule has 3 atom stereocenters. The van der Waals surface area contributed by atoms with Gasteiger partial charge in [-0.15, -0.1) is 0 Å². The number of methoxy groups -OCH3 is 1. The lowest BCUT2D eigenvalue weighted by Gasteiger charge is -2.44. The molecule has 3 aromatic rings. The predicted octanol–water partition coefficient (Wildman–Crippen LogP) is 3.70. The van der Waals surface area contributed by atoms with Crippen molar-refractivity contribution in [1.82, 2.24) is 9.88 Å². The Morgan fingerprint density at radius 2 is 1.91 bits per heavy atom. The minimum Gasteiger partial charge on any atom is -0.497 e. The highest BCUT2D eigenvalue weighted by Crippen LogP contribution is 2.49. The Morgan fingerprint density at radius 3 is 2.67 bits per heavy atom. The number of aliphatic hydroxyl groups excluding tert-OH is 1. The summed E-state index contributed by atoms with van der Waals surface area (Å²) in [5.74, 6) is 1.12. The van der Waals surface area contributed by atoms with Crippen molar-refractivity contribution in [2.24, 2.45) is 5.92 Å². The van der Waals surface area contributed by atoms with Crippen molar-refractivity contribution < 1.29 is 14.6 Å². The molecule has 1 fully saturated rings. The molecule has 1 saturated heterocycles. The Hall–Kier alpha value is -3.38. The topological polar surface area (TPSA) is 65.9 Å². The van der Waals surface area contributed by atoms with Crippen LogP contribution < -0.4 is 9.64 Å². The molecule has 2 aliphatic heterocycles. The van der Waals surface area contributed by atoms with Crippen LogP contribution in [0.2, 0.25) is 0 Å². The lowest BCUT2D eigenvalue weighted by Crippen LogP contribution is -2.48. The Labute approximate surface area is 194 Å². The molecule has 2 aliphatic rings. The van der Waals surface area contributed by atoms with Crippen LogP contribution in [0.4, 0.5) is 5.69 Å². The standard InChI is InChI=1S/C27H29N3O3/c1-29-24-7-6-20(19-4-3-5-21(15-19)33-2)16-23(24)27-22(25(29)17-31)10-13-30(27)26(32)14-18-8-11-28-12-9-18/h3-9,11-12,15-16,22,25,27,31H,10,13-14,17H2,1-2H3/t22-,25+,27?/m1/s1. The Kier molecular flexibility index (Phi) is 5.77. The van der Waals surface area contributed by atoms with Gasteiger partial charge in [-0.1, -0.05) is 18.2 Å². The number of likely N-dealkylation sites (N-methyl/N-ethyl adjacent to an activating group) is 1. The molecule has 0 spiro atoms. The number of fused-ring (bicyclic) bond motifs is 3. The number of likely N-dealkylation sites (tertiary alicyclic amines) is 1. The van der Waals surface area contributed by atoms with Crippen LogP contribution >= 0.6 is 0 Å². The lowest BCUT2D eigenvalue weighted by molar-refractivity contribution is -0.132. The van der Waals surface area contributed by atoms with Gasteiger partial charge < -0.3 is 19.6 Å². The Morgan fingerprint density at radius 1 is 1.12 bits per heavy atom. The summed E-state index contributed by atoms with van der Waals surface area (Å²) in [6.45, 7) is 0.771. The first-order valence-electron chi connectivity index (χ1n) is 11.4. The number of benzene rings is 2. The molecule has 5 rings (SSSR count). The van der Waals surface area contributed by atoms with E-state index >= 15 is 0 Å². The molecule has 33 heavy (non-hydrogen) atoms. The lowest BCUT2D eigenvalue weighted by atomic mass is 9.81. The van der Waals surface area contributed by atoms with Crippen LogP contribution in [0, 0.1) is 5.92 Å². The van der Waals surface area contributed by atoms with Gasteiger partial charge >= 0.3 is 0 Å². The number of carbonyl (C=O) groups is 1. The number of carbonyl (C=O) groups excluding carboxylic acids is 1. The maximum Gasteiger partial charge on any atom is 0.227 e. The largest absolute Gasteiger partial charge is 0.497 e. The number of amides is 1. The second kappa shape index (κ2) is 8.87. The van der Waals surface area contributed by atoms with Crippen molar-refractivity contribution >= 4 is 11.6 Å². The van der Waals surface area contributed by atoms with Crippen molar-refractivity contribution in [3.05, 3.63) is 78.1 Å². The fourth-order valence-corrected chi connectivity index (χ4v) is 5.49. The van der Waals surface area contributed by atoms with E-state index in [0.717, 1.165) is 40.1 Å². The van der Waals surface area contributed by atoms with Crippen LogP contribution in [-0.2, 0) is 11.2 Å². The summed E-state index contributed by atoms with van der Waals surface area (Å²) in [4.78, 5) is 21.7. The summed E-state index contributed by atoms with van der Waals surface area (Å²) in [6.07, 6.45) is 4.69. The molecule has 2 aromatic carbocycles. The molecule has 0 aliphatic carbocycles.